The molecule has 3 nitrogen and oxygen atoms in total. The quantitative estimate of drug-likeness (QED) is 0.506. The van der Waals surface area contributed by atoms with E-state index in [1.165, 1.54) is 6.42 Å². The van der Waals surface area contributed by atoms with Gasteiger partial charge in [0.1, 0.15) is 11.3 Å². The van der Waals surface area contributed by atoms with E-state index in [4.69, 9.17) is 4.84 Å². The second-order valence-corrected chi connectivity index (χ2v) is 3.01. The molecule has 1 heterocycles. The maximum atomic E-state index is 10.2. The summed E-state index contributed by atoms with van der Waals surface area (Å²) in [5.41, 5.74) is 0.524. The maximum Gasteiger partial charge on any atom is 0.167 e. The smallest absolute Gasteiger partial charge is 0.167 e. The first kappa shape index (κ1) is 5.89. The van der Waals surface area contributed by atoms with Crippen molar-refractivity contribution in [3.05, 3.63) is 0 Å². The number of nitrogens with zero attached hydrogens (tertiary/aromatic N) is 1. The Morgan fingerprint density at radius 1 is 1.60 bits per heavy atom. The van der Waals surface area contributed by atoms with E-state index >= 15 is 0 Å². The van der Waals surface area contributed by atoms with Crippen LogP contribution < -0.4 is 0 Å². The van der Waals surface area contributed by atoms with Crippen molar-refractivity contribution in [1.29, 1.82) is 0 Å². The summed E-state index contributed by atoms with van der Waals surface area (Å²) < 4.78 is 0. The van der Waals surface area contributed by atoms with Gasteiger partial charge in [0.15, 0.2) is 6.29 Å². The fourth-order valence-electron chi connectivity index (χ4n) is 1.45. The lowest BCUT2D eigenvalue weighted by Gasteiger charge is -2.34. The number of hydrogen-bond acceptors (Lipinski definition) is 3. The first-order valence-corrected chi connectivity index (χ1v) is 3.55. The standard InChI is InChI=1S/C7H9NO2/c9-5-6-4-7(10-8-6)2-1-3-7/h5H,1-4H2. The first-order valence-electron chi connectivity index (χ1n) is 3.55. The minimum Gasteiger partial charge on any atom is -0.388 e. The molecule has 0 unspecified atom stereocenters. The van der Waals surface area contributed by atoms with Crippen molar-refractivity contribution in [1.82, 2.24) is 0 Å². The summed E-state index contributed by atoms with van der Waals surface area (Å²) in [7, 11) is 0. The highest BCUT2D eigenvalue weighted by Crippen LogP contribution is 2.41. The molecule has 0 atom stereocenters. The van der Waals surface area contributed by atoms with Gasteiger partial charge in [-0.05, 0) is 19.3 Å². The Morgan fingerprint density at radius 3 is 2.70 bits per heavy atom. The highest BCUT2D eigenvalue weighted by atomic mass is 16.7. The highest BCUT2D eigenvalue weighted by molar-refractivity contribution is 6.28. The van der Waals surface area contributed by atoms with Crippen molar-refractivity contribution < 1.29 is 9.63 Å². The molecule has 0 aromatic carbocycles. The number of rotatable bonds is 1. The third-order valence-electron chi connectivity index (χ3n) is 2.26. The minimum atomic E-state index is -0.0454. The van der Waals surface area contributed by atoms with E-state index < -0.39 is 0 Å². The van der Waals surface area contributed by atoms with Crippen LogP contribution in [0.4, 0.5) is 0 Å². The molecule has 0 radical (unpaired) electrons. The highest BCUT2D eigenvalue weighted by Gasteiger charge is 2.44. The Balaban J connectivity index is 2.04. The molecule has 10 heavy (non-hydrogen) atoms. The molecule has 1 saturated carbocycles. The van der Waals surface area contributed by atoms with Crippen LogP contribution in [0, 0.1) is 0 Å². The number of carbonyl (C=O) groups is 1. The Labute approximate surface area is 59.0 Å². The summed E-state index contributed by atoms with van der Waals surface area (Å²) in [5.74, 6) is 0. The van der Waals surface area contributed by atoms with Crippen LogP contribution in [0.15, 0.2) is 5.16 Å². The molecular weight excluding hydrogens is 130 g/mol. The van der Waals surface area contributed by atoms with Crippen LogP contribution in [0.5, 0.6) is 0 Å². The van der Waals surface area contributed by atoms with E-state index in [0.717, 1.165) is 25.5 Å². The molecule has 1 fully saturated rings. The Hall–Kier alpha value is -0.860. The molecule has 2 rings (SSSR count). The van der Waals surface area contributed by atoms with Crippen molar-refractivity contribution in [3.63, 3.8) is 0 Å². The van der Waals surface area contributed by atoms with Crippen molar-refractivity contribution in [2.75, 3.05) is 0 Å². The summed E-state index contributed by atoms with van der Waals surface area (Å²) in [5, 5.41) is 3.68. The molecule has 1 spiro atoms. The molecule has 1 aliphatic carbocycles. The SMILES string of the molecule is O=CC1=NOC2(CCC2)C1. The molecule has 1 aliphatic heterocycles. The van der Waals surface area contributed by atoms with E-state index in [-0.39, 0.29) is 5.60 Å². The zero-order chi connectivity index (χ0) is 7.03. The van der Waals surface area contributed by atoms with Crippen LogP contribution >= 0.6 is 0 Å². The van der Waals surface area contributed by atoms with Gasteiger partial charge < -0.3 is 4.84 Å². The third kappa shape index (κ3) is 0.664. The van der Waals surface area contributed by atoms with Gasteiger partial charge in [-0.2, -0.15) is 0 Å². The lowest BCUT2D eigenvalue weighted by molar-refractivity contribution is -0.102. The minimum absolute atomic E-state index is 0.0454. The molecule has 0 saturated heterocycles. The maximum absolute atomic E-state index is 10.2. The first-order chi connectivity index (χ1) is 4.85. The van der Waals surface area contributed by atoms with E-state index in [0.29, 0.717) is 5.71 Å². The number of carbonyl (C=O) groups excluding carboxylic acids is 1. The number of oxime groups is 1. The Kier molecular flexibility index (Phi) is 1.07. The predicted octanol–water partition coefficient (Wildman–Crippen LogP) is 0.884. The van der Waals surface area contributed by atoms with Crippen LogP contribution in [0.1, 0.15) is 25.7 Å². The zero-order valence-electron chi connectivity index (χ0n) is 5.67. The van der Waals surface area contributed by atoms with Crippen molar-refractivity contribution in [2.45, 2.75) is 31.3 Å². The van der Waals surface area contributed by atoms with Gasteiger partial charge in [-0.15, -0.1) is 0 Å². The fraction of sp³-hybridized carbons (Fsp3) is 0.714. The van der Waals surface area contributed by atoms with Crippen molar-refractivity contribution in [3.8, 4) is 0 Å². The fourth-order valence-corrected chi connectivity index (χ4v) is 1.45. The lowest BCUT2D eigenvalue weighted by Crippen LogP contribution is -2.36. The molecule has 0 aromatic rings. The second kappa shape index (κ2) is 1.81. The van der Waals surface area contributed by atoms with Gasteiger partial charge in [-0.25, -0.2) is 0 Å². The van der Waals surface area contributed by atoms with Gasteiger partial charge in [0.05, 0.1) is 0 Å². The van der Waals surface area contributed by atoms with Crippen molar-refractivity contribution in [2.24, 2.45) is 5.16 Å². The average molecular weight is 139 g/mol. The van der Waals surface area contributed by atoms with Crippen LogP contribution in [-0.2, 0) is 9.63 Å². The van der Waals surface area contributed by atoms with E-state index in [2.05, 4.69) is 5.16 Å². The lowest BCUT2D eigenvalue weighted by atomic mass is 9.77. The van der Waals surface area contributed by atoms with Gasteiger partial charge in [-0.3, -0.25) is 4.79 Å². The molecule has 0 N–H and O–H groups in total. The molecule has 3 heteroatoms. The van der Waals surface area contributed by atoms with Crippen molar-refractivity contribution >= 4 is 12.0 Å². The van der Waals surface area contributed by atoms with E-state index in [1.54, 1.807) is 0 Å². The van der Waals surface area contributed by atoms with Gasteiger partial charge >= 0.3 is 0 Å². The topological polar surface area (TPSA) is 38.7 Å². The predicted molar refractivity (Wildman–Crippen MR) is 35.8 cm³/mol. The largest absolute Gasteiger partial charge is 0.388 e. The number of aldehydes is 1. The molecule has 54 valence electrons. The average Bonchev–Trinajstić information content (AvgIpc) is 2.29. The molecule has 0 bridgehead atoms. The van der Waals surface area contributed by atoms with Crippen LogP contribution in [0.25, 0.3) is 0 Å². The number of hydrogen-bond donors (Lipinski definition) is 0. The Bertz CT molecular complexity index is 194. The molecular formula is C7H9NO2. The summed E-state index contributed by atoms with van der Waals surface area (Å²) >= 11 is 0. The summed E-state index contributed by atoms with van der Waals surface area (Å²) in [6.07, 6.45) is 4.85. The van der Waals surface area contributed by atoms with Gasteiger partial charge in [-0.1, -0.05) is 5.16 Å². The van der Waals surface area contributed by atoms with Gasteiger partial charge in [0, 0.05) is 6.42 Å². The van der Waals surface area contributed by atoms with E-state index in [1.807, 2.05) is 0 Å². The summed E-state index contributed by atoms with van der Waals surface area (Å²) in [6.45, 7) is 0. The van der Waals surface area contributed by atoms with Crippen LogP contribution in [0.2, 0.25) is 0 Å². The van der Waals surface area contributed by atoms with E-state index in [9.17, 15) is 4.79 Å². The third-order valence-corrected chi connectivity index (χ3v) is 2.26. The second-order valence-electron chi connectivity index (χ2n) is 3.01. The summed E-state index contributed by atoms with van der Waals surface area (Å²) in [6, 6.07) is 0. The summed E-state index contributed by atoms with van der Waals surface area (Å²) in [4.78, 5) is 15.4. The monoisotopic (exact) mass is 139 g/mol. The van der Waals surface area contributed by atoms with Crippen LogP contribution in [-0.4, -0.2) is 17.6 Å². The molecule has 2 aliphatic rings. The van der Waals surface area contributed by atoms with Gasteiger partial charge in [0.2, 0.25) is 0 Å². The molecule has 0 aromatic heterocycles. The Morgan fingerprint density at radius 2 is 2.40 bits per heavy atom. The van der Waals surface area contributed by atoms with Crippen LogP contribution in [0.3, 0.4) is 0 Å². The molecule has 0 amide bonds. The van der Waals surface area contributed by atoms with Gasteiger partial charge in [0.25, 0.3) is 0 Å². The normalized spacial score (nSPS) is 27.0. The zero-order valence-corrected chi connectivity index (χ0v) is 5.67.